The van der Waals surface area contributed by atoms with Crippen molar-refractivity contribution >= 4 is 11.9 Å². The van der Waals surface area contributed by atoms with Crippen molar-refractivity contribution in [2.75, 3.05) is 6.54 Å². The van der Waals surface area contributed by atoms with E-state index in [9.17, 15) is 9.59 Å². The van der Waals surface area contributed by atoms with Crippen LogP contribution in [0.25, 0.3) is 0 Å². The molecule has 1 aromatic carbocycles. The van der Waals surface area contributed by atoms with Gasteiger partial charge in [0.1, 0.15) is 0 Å². The maximum atomic E-state index is 11.7. The van der Waals surface area contributed by atoms with Crippen molar-refractivity contribution in [3.63, 3.8) is 0 Å². The van der Waals surface area contributed by atoms with Crippen molar-refractivity contribution in [2.24, 2.45) is 5.73 Å². The minimum absolute atomic E-state index is 0.146. The second kappa shape index (κ2) is 6.44. The molecule has 0 saturated carbocycles. The number of benzene rings is 1. The fraction of sp³-hybridized carbons (Fsp3) is 0.231. The van der Waals surface area contributed by atoms with Crippen LogP contribution >= 0.6 is 0 Å². The lowest BCUT2D eigenvalue weighted by Gasteiger charge is -2.06. The van der Waals surface area contributed by atoms with Crippen molar-refractivity contribution in [1.29, 1.82) is 0 Å². The lowest BCUT2D eigenvalue weighted by atomic mass is 10.1. The van der Waals surface area contributed by atoms with E-state index < -0.39 is 6.03 Å². The summed E-state index contributed by atoms with van der Waals surface area (Å²) in [6, 6.07) is 6.37. The van der Waals surface area contributed by atoms with E-state index >= 15 is 0 Å². The Hall–Kier alpha value is -2.30. The summed E-state index contributed by atoms with van der Waals surface area (Å²) in [5.74, 6) is -0.146. The molecular formula is C13H17N3O2. The molecule has 1 aromatic rings. The minimum atomic E-state index is -0.571. The number of nitrogens with two attached hydrogens (primary N) is 1. The third kappa shape index (κ3) is 4.69. The molecule has 0 aromatic heterocycles. The van der Waals surface area contributed by atoms with Crippen LogP contribution in [-0.2, 0) is 6.54 Å². The van der Waals surface area contributed by atoms with Gasteiger partial charge in [-0.3, -0.25) is 4.79 Å². The van der Waals surface area contributed by atoms with Crippen LogP contribution in [0.3, 0.4) is 0 Å². The number of hydrogen-bond acceptors (Lipinski definition) is 2. The van der Waals surface area contributed by atoms with Crippen molar-refractivity contribution in [3.05, 3.63) is 47.5 Å². The lowest BCUT2D eigenvalue weighted by molar-refractivity contribution is 0.0957. The standard InChI is InChI=1S/C13H17N3O2/c1-9(2)7-15-12(17)11-5-3-10(4-6-11)8-16-13(14)18/h3-6H,1,7-8H2,2H3,(H,15,17)(H3,14,16,18). The first kappa shape index (κ1) is 13.8. The van der Waals surface area contributed by atoms with Crippen LogP contribution in [0.2, 0.25) is 0 Å². The predicted octanol–water partition coefficient (Wildman–Crippen LogP) is 1.16. The van der Waals surface area contributed by atoms with E-state index in [1.54, 1.807) is 24.3 Å². The van der Waals surface area contributed by atoms with Crippen molar-refractivity contribution in [3.8, 4) is 0 Å². The highest BCUT2D eigenvalue weighted by atomic mass is 16.2. The molecule has 0 aliphatic rings. The van der Waals surface area contributed by atoms with Gasteiger partial charge in [0, 0.05) is 18.7 Å². The largest absolute Gasteiger partial charge is 0.352 e. The Balaban J connectivity index is 2.56. The number of amides is 3. The molecule has 0 radical (unpaired) electrons. The van der Waals surface area contributed by atoms with E-state index in [1.807, 2.05) is 6.92 Å². The summed E-state index contributed by atoms with van der Waals surface area (Å²) >= 11 is 0. The van der Waals surface area contributed by atoms with E-state index in [0.29, 0.717) is 18.7 Å². The number of hydrogen-bond donors (Lipinski definition) is 3. The van der Waals surface area contributed by atoms with E-state index in [4.69, 9.17) is 5.73 Å². The normalized spacial score (nSPS) is 9.61. The molecule has 3 amide bonds. The van der Waals surface area contributed by atoms with Crippen molar-refractivity contribution in [2.45, 2.75) is 13.5 Å². The average Bonchev–Trinajstić information content (AvgIpc) is 2.34. The zero-order valence-corrected chi connectivity index (χ0v) is 10.3. The van der Waals surface area contributed by atoms with Gasteiger partial charge in [-0.2, -0.15) is 0 Å². The van der Waals surface area contributed by atoms with Crippen LogP contribution < -0.4 is 16.4 Å². The maximum Gasteiger partial charge on any atom is 0.312 e. The SMILES string of the molecule is C=C(C)CNC(=O)c1ccc(CNC(N)=O)cc1. The van der Waals surface area contributed by atoms with Crippen molar-refractivity contribution in [1.82, 2.24) is 10.6 Å². The summed E-state index contributed by atoms with van der Waals surface area (Å²) in [7, 11) is 0. The Morgan fingerprint density at radius 2 is 1.83 bits per heavy atom. The lowest BCUT2D eigenvalue weighted by Crippen LogP contribution is -2.28. The highest BCUT2D eigenvalue weighted by Crippen LogP contribution is 2.04. The summed E-state index contributed by atoms with van der Waals surface area (Å²) in [4.78, 5) is 22.2. The second-order valence-electron chi connectivity index (χ2n) is 4.05. The summed E-state index contributed by atoms with van der Waals surface area (Å²) in [6.07, 6.45) is 0. The quantitative estimate of drug-likeness (QED) is 0.682. The van der Waals surface area contributed by atoms with E-state index in [1.165, 1.54) is 0 Å². The highest BCUT2D eigenvalue weighted by molar-refractivity contribution is 5.94. The van der Waals surface area contributed by atoms with E-state index in [-0.39, 0.29) is 5.91 Å². The Morgan fingerprint density at radius 3 is 2.33 bits per heavy atom. The topological polar surface area (TPSA) is 84.2 Å². The van der Waals surface area contributed by atoms with Crippen LogP contribution in [0, 0.1) is 0 Å². The van der Waals surface area contributed by atoms with Crippen LogP contribution in [0.4, 0.5) is 4.79 Å². The molecule has 96 valence electrons. The highest BCUT2D eigenvalue weighted by Gasteiger charge is 2.04. The number of nitrogens with one attached hydrogen (secondary N) is 2. The average molecular weight is 247 g/mol. The van der Waals surface area contributed by atoms with Gasteiger partial charge in [-0.15, -0.1) is 0 Å². The number of urea groups is 1. The van der Waals surface area contributed by atoms with E-state index in [0.717, 1.165) is 11.1 Å². The first-order chi connectivity index (χ1) is 8.49. The smallest absolute Gasteiger partial charge is 0.312 e. The van der Waals surface area contributed by atoms with Gasteiger partial charge in [-0.05, 0) is 24.6 Å². The van der Waals surface area contributed by atoms with Gasteiger partial charge in [0.15, 0.2) is 0 Å². The number of carbonyl (C=O) groups excluding carboxylic acids is 2. The molecule has 1 rings (SSSR count). The molecule has 0 aliphatic carbocycles. The number of carbonyl (C=O) groups is 2. The van der Waals surface area contributed by atoms with Gasteiger partial charge in [-0.1, -0.05) is 24.3 Å². The van der Waals surface area contributed by atoms with Crippen LogP contribution in [0.1, 0.15) is 22.8 Å². The van der Waals surface area contributed by atoms with E-state index in [2.05, 4.69) is 17.2 Å². The Morgan fingerprint density at radius 1 is 1.22 bits per heavy atom. The molecule has 18 heavy (non-hydrogen) atoms. The molecule has 0 fully saturated rings. The number of primary amides is 1. The van der Waals surface area contributed by atoms with Gasteiger partial charge >= 0.3 is 6.03 Å². The molecule has 0 saturated heterocycles. The fourth-order valence-electron chi connectivity index (χ4n) is 1.30. The first-order valence-corrected chi connectivity index (χ1v) is 5.54. The molecule has 0 spiro atoms. The molecule has 5 nitrogen and oxygen atoms in total. The molecule has 0 heterocycles. The molecular weight excluding hydrogens is 230 g/mol. The molecule has 0 aliphatic heterocycles. The predicted molar refractivity (Wildman–Crippen MR) is 70.0 cm³/mol. The summed E-state index contributed by atoms with van der Waals surface area (Å²) in [5, 5.41) is 5.22. The zero-order chi connectivity index (χ0) is 13.5. The minimum Gasteiger partial charge on any atom is -0.352 e. The van der Waals surface area contributed by atoms with Gasteiger partial charge in [-0.25, -0.2) is 4.79 Å². The Kier molecular flexibility index (Phi) is 4.92. The third-order valence-corrected chi connectivity index (χ3v) is 2.23. The summed E-state index contributed by atoms with van der Waals surface area (Å²) < 4.78 is 0. The second-order valence-corrected chi connectivity index (χ2v) is 4.05. The summed E-state index contributed by atoms with van der Waals surface area (Å²) in [5.41, 5.74) is 7.31. The molecule has 0 unspecified atom stereocenters. The summed E-state index contributed by atoms with van der Waals surface area (Å²) in [6.45, 7) is 6.37. The molecule has 5 heteroatoms. The van der Waals surface area contributed by atoms with Gasteiger partial charge in [0.2, 0.25) is 0 Å². The monoisotopic (exact) mass is 247 g/mol. The van der Waals surface area contributed by atoms with Crippen LogP contribution in [0.15, 0.2) is 36.4 Å². The molecule has 4 N–H and O–H groups in total. The van der Waals surface area contributed by atoms with Gasteiger partial charge < -0.3 is 16.4 Å². The first-order valence-electron chi connectivity index (χ1n) is 5.54. The zero-order valence-electron chi connectivity index (χ0n) is 10.3. The fourth-order valence-corrected chi connectivity index (χ4v) is 1.30. The van der Waals surface area contributed by atoms with Crippen LogP contribution in [-0.4, -0.2) is 18.5 Å². The van der Waals surface area contributed by atoms with Crippen LogP contribution in [0.5, 0.6) is 0 Å². The number of rotatable bonds is 5. The van der Waals surface area contributed by atoms with Gasteiger partial charge in [0.05, 0.1) is 0 Å². The maximum absolute atomic E-state index is 11.7. The third-order valence-electron chi connectivity index (χ3n) is 2.23. The molecule has 0 bridgehead atoms. The van der Waals surface area contributed by atoms with Gasteiger partial charge in [0.25, 0.3) is 5.91 Å². The molecule has 0 atom stereocenters. The Labute approximate surface area is 106 Å². The van der Waals surface area contributed by atoms with Crippen molar-refractivity contribution < 1.29 is 9.59 Å². The Bertz CT molecular complexity index is 452.